The lowest BCUT2D eigenvalue weighted by Gasteiger charge is -2.12. The first-order valence-corrected chi connectivity index (χ1v) is 5.53. The highest BCUT2D eigenvalue weighted by atomic mass is 32.1. The summed E-state index contributed by atoms with van der Waals surface area (Å²) >= 11 is 1.68. The average Bonchev–Trinajstić information content (AvgIpc) is 2.69. The number of amides is 1. The molecule has 2 rings (SSSR count). The molecule has 1 aromatic heterocycles. The first-order valence-electron chi connectivity index (χ1n) is 4.65. The Morgan fingerprint density at radius 1 is 1.79 bits per heavy atom. The fraction of sp³-hybridized carbons (Fsp3) is 0.556. The summed E-state index contributed by atoms with van der Waals surface area (Å²) < 4.78 is 0. The molecule has 1 aromatic rings. The Bertz CT molecular complexity index is 350. The molecule has 0 saturated carbocycles. The molecule has 1 aliphatic carbocycles. The predicted octanol–water partition coefficient (Wildman–Crippen LogP) is 0.376. The Kier molecular flexibility index (Phi) is 2.52. The third-order valence-corrected chi connectivity index (χ3v) is 3.59. The number of hydrogen-bond donors (Lipinski definition) is 2. The molecule has 0 saturated heterocycles. The van der Waals surface area contributed by atoms with Gasteiger partial charge in [0.05, 0.1) is 17.2 Å². The van der Waals surface area contributed by atoms with Gasteiger partial charge >= 0.3 is 0 Å². The SMILES string of the molecule is NC(=O)C(N)CC1CCc2scnc21. The van der Waals surface area contributed by atoms with Crippen molar-refractivity contribution in [1.82, 2.24) is 4.98 Å². The second kappa shape index (κ2) is 3.67. The highest BCUT2D eigenvalue weighted by Gasteiger charge is 2.27. The van der Waals surface area contributed by atoms with Gasteiger partial charge in [-0.25, -0.2) is 4.98 Å². The van der Waals surface area contributed by atoms with E-state index >= 15 is 0 Å². The van der Waals surface area contributed by atoms with Crippen LogP contribution >= 0.6 is 11.3 Å². The average molecular weight is 211 g/mol. The zero-order valence-electron chi connectivity index (χ0n) is 7.77. The maximum absolute atomic E-state index is 10.8. The smallest absolute Gasteiger partial charge is 0.234 e. The quantitative estimate of drug-likeness (QED) is 0.758. The van der Waals surface area contributed by atoms with Crippen molar-refractivity contribution in [3.8, 4) is 0 Å². The number of aromatic nitrogens is 1. The van der Waals surface area contributed by atoms with E-state index in [0.29, 0.717) is 12.3 Å². The van der Waals surface area contributed by atoms with Crippen LogP contribution in [-0.2, 0) is 11.2 Å². The number of thiazole rings is 1. The number of rotatable bonds is 3. The fourth-order valence-electron chi connectivity index (χ4n) is 1.89. The van der Waals surface area contributed by atoms with Crippen LogP contribution in [0.1, 0.15) is 29.3 Å². The monoisotopic (exact) mass is 211 g/mol. The van der Waals surface area contributed by atoms with E-state index in [9.17, 15) is 4.79 Å². The molecule has 0 fully saturated rings. The third-order valence-electron chi connectivity index (χ3n) is 2.68. The number of fused-ring (bicyclic) bond motifs is 1. The summed E-state index contributed by atoms with van der Waals surface area (Å²) in [5.74, 6) is -0.0903. The lowest BCUT2D eigenvalue weighted by Crippen LogP contribution is -2.37. The summed E-state index contributed by atoms with van der Waals surface area (Å²) in [5.41, 5.74) is 13.7. The topological polar surface area (TPSA) is 82.0 Å². The molecule has 4 nitrogen and oxygen atoms in total. The van der Waals surface area contributed by atoms with Crippen LogP contribution in [0.5, 0.6) is 0 Å². The van der Waals surface area contributed by atoms with Crippen LogP contribution in [0.4, 0.5) is 0 Å². The lowest BCUT2D eigenvalue weighted by molar-refractivity contribution is -0.119. The van der Waals surface area contributed by atoms with E-state index in [2.05, 4.69) is 4.98 Å². The minimum absolute atomic E-state index is 0.332. The number of aryl methyl sites for hydroxylation is 1. The molecule has 0 aliphatic heterocycles. The first kappa shape index (κ1) is 9.61. The highest BCUT2D eigenvalue weighted by molar-refractivity contribution is 7.09. The molecule has 1 amide bonds. The summed E-state index contributed by atoms with van der Waals surface area (Å²) in [5, 5.41) is 0. The van der Waals surface area contributed by atoms with E-state index in [1.165, 1.54) is 4.88 Å². The Morgan fingerprint density at radius 3 is 3.29 bits per heavy atom. The molecule has 1 heterocycles. The van der Waals surface area contributed by atoms with E-state index in [4.69, 9.17) is 11.5 Å². The van der Waals surface area contributed by atoms with Crippen molar-refractivity contribution in [1.29, 1.82) is 0 Å². The molecule has 14 heavy (non-hydrogen) atoms. The van der Waals surface area contributed by atoms with Crippen molar-refractivity contribution in [2.75, 3.05) is 0 Å². The molecule has 4 N–H and O–H groups in total. The number of primary amides is 1. The Morgan fingerprint density at radius 2 is 2.57 bits per heavy atom. The maximum atomic E-state index is 10.8. The van der Waals surface area contributed by atoms with E-state index in [1.807, 2.05) is 5.51 Å². The summed E-state index contributed by atoms with van der Waals surface area (Å²) in [6.07, 6.45) is 2.75. The maximum Gasteiger partial charge on any atom is 0.234 e. The standard InChI is InChI=1S/C9H13N3OS/c10-6(9(11)13)3-5-1-2-7-8(5)12-4-14-7/h4-6H,1-3,10H2,(H2,11,13). The Balaban J connectivity index is 2.05. The second-order valence-electron chi connectivity index (χ2n) is 3.64. The fourth-order valence-corrected chi connectivity index (χ4v) is 2.76. The number of hydrogen-bond acceptors (Lipinski definition) is 4. The molecule has 0 aromatic carbocycles. The van der Waals surface area contributed by atoms with Crippen LogP contribution in [0.25, 0.3) is 0 Å². The molecule has 0 radical (unpaired) electrons. The molecular formula is C9H13N3OS. The minimum Gasteiger partial charge on any atom is -0.368 e. The van der Waals surface area contributed by atoms with Gasteiger partial charge in [-0.2, -0.15) is 0 Å². The van der Waals surface area contributed by atoms with Crippen LogP contribution in [0.2, 0.25) is 0 Å². The normalized spacial score (nSPS) is 21.9. The van der Waals surface area contributed by atoms with Gasteiger partial charge in [-0.1, -0.05) is 0 Å². The number of carbonyl (C=O) groups is 1. The zero-order valence-corrected chi connectivity index (χ0v) is 8.59. The van der Waals surface area contributed by atoms with Gasteiger partial charge in [0.2, 0.25) is 5.91 Å². The number of nitrogens with two attached hydrogens (primary N) is 2. The van der Waals surface area contributed by atoms with Gasteiger partial charge in [0.15, 0.2) is 0 Å². The summed E-state index contributed by atoms with van der Waals surface area (Å²) in [6, 6.07) is -0.535. The van der Waals surface area contributed by atoms with Crippen molar-refractivity contribution in [3.63, 3.8) is 0 Å². The second-order valence-corrected chi connectivity index (χ2v) is 4.58. The number of nitrogens with zero attached hydrogens (tertiary/aromatic N) is 1. The van der Waals surface area contributed by atoms with E-state index < -0.39 is 11.9 Å². The molecule has 2 atom stereocenters. The van der Waals surface area contributed by atoms with Gasteiger partial charge < -0.3 is 11.5 Å². The molecule has 76 valence electrons. The Labute approximate surface area is 86.3 Å². The molecular weight excluding hydrogens is 198 g/mol. The summed E-state index contributed by atoms with van der Waals surface area (Å²) in [6.45, 7) is 0. The minimum atomic E-state index is -0.535. The van der Waals surface area contributed by atoms with Gasteiger partial charge in [0.25, 0.3) is 0 Å². The van der Waals surface area contributed by atoms with Crippen molar-refractivity contribution in [2.24, 2.45) is 11.5 Å². The van der Waals surface area contributed by atoms with Gasteiger partial charge in [-0.15, -0.1) is 11.3 Å². The van der Waals surface area contributed by atoms with Crippen molar-refractivity contribution < 1.29 is 4.79 Å². The van der Waals surface area contributed by atoms with Crippen molar-refractivity contribution in [2.45, 2.75) is 31.2 Å². The van der Waals surface area contributed by atoms with Crippen LogP contribution in [0.3, 0.4) is 0 Å². The molecule has 0 bridgehead atoms. The Hall–Kier alpha value is -0.940. The first-order chi connectivity index (χ1) is 6.68. The van der Waals surface area contributed by atoms with Crippen molar-refractivity contribution in [3.05, 3.63) is 16.1 Å². The largest absolute Gasteiger partial charge is 0.368 e. The molecule has 2 unspecified atom stereocenters. The lowest BCUT2D eigenvalue weighted by atomic mass is 9.98. The van der Waals surface area contributed by atoms with Gasteiger partial charge in [-0.05, 0) is 19.3 Å². The van der Waals surface area contributed by atoms with E-state index in [0.717, 1.165) is 18.5 Å². The van der Waals surface area contributed by atoms with Crippen LogP contribution in [-0.4, -0.2) is 16.9 Å². The molecule has 0 spiro atoms. The molecule has 1 aliphatic rings. The van der Waals surface area contributed by atoms with Crippen molar-refractivity contribution >= 4 is 17.2 Å². The van der Waals surface area contributed by atoms with Gasteiger partial charge in [0, 0.05) is 10.8 Å². The van der Waals surface area contributed by atoms with E-state index in [1.54, 1.807) is 11.3 Å². The van der Waals surface area contributed by atoms with Crippen LogP contribution in [0.15, 0.2) is 5.51 Å². The summed E-state index contributed by atoms with van der Waals surface area (Å²) in [4.78, 5) is 16.5. The van der Waals surface area contributed by atoms with Crippen LogP contribution < -0.4 is 11.5 Å². The highest BCUT2D eigenvalue weighted by Crippen LogP contribution is 2.36. The van der Waals surface area contributed by atoms with E-state index in [-0.39, 0.29) is 0 Å². The van der Waals surface area contributed by atoms with Gasteiger partial charge in [-0.3, -0.25) is 4.79 Å². The third kappa shape index (κ3) is 1.65. The zero-order chi connectivity index (χ0) is 10.1. The predicted molar refractivity (Wildman–Crippen MR) is 55.0 cm³/mol. The summed E-state index contributed by atoms with van der Waals surface area (Å²) in [7, 11) is 0. The number of carbonyl (C=O) groups excluding carboxylic acids is 1. The molecule has 5 heteroatoms. The van der Waals surface area contributed by atoms with Gasteiger partial charge in [0.1, 0.15) is 0 Å². The van der Waals surface area contributed by atoms with Crippen LogP contribution in [0, 0.1) is 0 Å².